The van der Waals surface area contributed by atoms with Crippen molar-refractivity contribution in [3.8, 4) is 0 Å². The van der Waals surface area contributed by atoms with Gasteiger partial charge in [0.15, 0.2) is 0 Å². The molecule has 0 fully saturated rings. The molecule has 0 aliphatic rings. The predicted octanol–water partition coefficient (Wildman–Crippen LogP) is 4.81. The second kappa shape index (κ2) is 14.6. The average Bonchev–Trinajstić information content (AvgIpc) is 2.36. The van der Waals surface area contributed by atoms with Gasteiger partial charge >= 0.3 is 0 Å². The zero-order valence-corrected chi connectivity index (χ0v) is 12.1. The van der Waals surface area contributed by atoms with Crippen molar-refractivity contribution in [2.45, 2.75) is 90.1 Å². The van der Waals surface area contributed by atoms with Crippen LogP contribution in [0.4, 0.5) is 0 Å². The molecule has 0 aliphatic carbocycles. The molecular formula is C15H31NO2. The molecule has 108 valence electrons. The number of aliphatic hydroxyl groups excluding tert-OH is 1. The summed E-state index contributed by atoms with van der Waals surface area (Å²) in [5, 5.41) is 12.0. The lowest BCUT2D eigenvalue weighted by atomic mass is 10.0. The molecule has 18 heavy (non-hydrogen) atoms. The molecule has 3 heteroatoms. The fraction of sp³-hybridized carbons (Fsp3) is 1.00. The van der Waals surface area contributed by atoms with Crippen LogP contribution in [0.5, 0.6) is 0 Å². The van der Waals surface area contributed by atoms with Crippen LogP contribution in [-0.2, 0) is 0 Å². The van der Waals surface area contributed by atoms with E-state index in [2.05, 4.69) is 12.1 Å². The lowest BCUT2D eigenvalue weighted by Gasteiger charge is -2.05. The molecule has 1 N–H and O–H groups in total. The molecule has 0 saturated carbocycles. The average molecular weight is 257 g/mol. The van der Waals surface area contributed by atoms with Crippen LogP contribution in [-0.4, -0.2) is 17.8 Å². The molecule has 0 rings (SSSR count). The predicted molar refractivity (Wildman–Crippen MR) is 77.7 cm³/mol. The Balaban J connectivity index is 3.00. The van der Waals surface area contributed by atoms with Crippen LogP contribution >= 0.6 is 0 Å². The monoisotopic (exact) mass is 257 g/mol. The number of nitroso groups, excluding NO2 is 1. The van der Waals surface area contributed by atoms with Crippen LogP contribution in [0, 0.1) is 4.91 Å². The molecule has 0 bridgehead atoms. The van der Waals surface area contributed by atoms with Gasteiger partial charge in [-0.2, -0.15) is 4.91 Å². The summed E-state index contributed by atoms with van der Waals surface area (Å²) in [5.74, 6) is 0. The van der Waals surface area contributed by atoms with E-state index in [-0.39, 0.29) is 6.54 Å². The van der Waals surface area contributed by atoms with Gasteiger partial charge in [-0.1, -0.05) is 82.7 Å². The van der Waals surface area contributed by atoms with Crippen LogP contribution < -0.4 is 0 Å². The SMILES string of the molecule is CCCCCCCCCCCCCC(O)CN=O. The molecule has 0 saturated heterocycles. The van der Waals surface area contributed by atoms with E-state index in [4.69, 9.17) is 0 Å². The molecule has 0 heterocycles. The van der Waals surface area contributed by atoms with Crippen molar-refractivity contribution in [2.24, 2.45) is 5.18 Å². The van der Waals surface area contributed by atoms with Crippen LogP contribution in [0.15, 0.2) is 5.18 Å². The first kappa shape index (κ1) is 17.6. The Bertz CT molecular complexity index is 174. The maximum Gasteiger partial charge on any atom is 0.107 e. The number of aliphatic hydroxyl groups is 1. The standard InChI is InChI=1S/C15H31NO2/c1-2-3-4-5-6-7-8-9-10-11-12-13-15(17)14-16-18/h15,17H,2-14H2,1H3. The number of hydrogen-bond donors (Lipinski definition) is 1. The minimum absolute atomic E-state index is 0.0533. The summed E-state index contributed by atoms with van der Waals surface area (Å²) in [4.78, 5) is 9.91. The zero-order valence-electron chi connectivity index (χ0n) is 12.1. The zero-order chi connectivity index (χ0) is 13.5. The highest BCUT2D eigenvalue weighted by atomic mass is 16.3. The number of unbranched alkanes of at least 4 members (excludes halogenated alkanes) is 10. The van der Waals surface area contributed by atoms with E-state index in [1.165, 1.54) is 64.2 Å². The smallest absolute Gasteiger partial charge is 0.107 e. The van der Waals surface area contributed by atoms with Crippen molar-refractivity contribution < 1.29 is 5.11 Å². The first-order valence-corrected chi connectivity index (χ1v) is 7.78. The van der Waals surface area contributed by atoms with E-state index in [0.29, 0.717) is 0 Å². The van der Waals surface area contributed by atoms with Crippen molar-refractivity contribution >= 4 is 0 Å². The van der Waals surface area contributed by atoms with Gasteiger partial charge in [-0.3, -0.25) is 0 Å². The number of rotatable bonds is 14. The molecule has 1 unspecified atom stereocenters. The Morgan fingerprint density at radius 2 is 1.28 bits per heavy atom. The summed E-state index contributed by atoms with van der Waals surface area (Å²) in [6.07, 6.45) is 14.6. The molecule has 0 aliphatic heterocycles. The van der Waals surface area contributed by atoms with E-state index in [1.807, 2.05) is 0 Å². The quantitative estimate of drug-likeness (QED) is 0.358. The normalized spacial score (nSPS) is 12.6. The minimum atomic E-state index is -0.513. The molecular weight excluding hydrogens is 226 g/mol. The van der Waals surface area contributed by atoms with Gasteiger partial charge in [0.25, 0.3) is 0 Å². The van der Waals surface area contributed by atoms with Crippen LogP contribution in [0.3, 0.4) is 0 Å². The van der Waals surface area contributed by atoms with Gasteiger partial charge in [-0.15, -0.1) is 0 Å². The van der Waals surface area contributed by atoms with Gasteiger partial charge in [0.2, 0.25) is 0 Å². The summed E-state index contributed by atoms with van der Waals surface area (Å²) in [7, 11) is 0. The highest BCUT2D eigenvalue weighted by Crippen LogP contribution is 2.12. The summed E-state index contributed by atoms with van der Waals surface area (Å²) < 4.78 is 0. The van der Waals surface area contributed by atoms with E-state index in [1.54, 1.807) is 0 Å². The third kappa shape index (κ3) is 13.6. The summed E-state index contributed by atoms with van der Waals surface area (Å²) in [6.45, 7) is 2.31. The highest BCUT2D eigenvalue weighted by molar-refractivity contribution is 4.58. The van der Waals surface area contributed by atoms with Crippen molar-refractivity contribution in [1.29, 1.82) is 0 Å². The van der Waals surface area contributed by atoms with E-state index in [0.717, 1.165) is 12.8 Å². The second-order valence-electron chi connectivity index (χ2n) is 5.29. The maximum absolute atomic E-state index is 9.91. The molecule has 0 amide bonds. The largest absolute Gasteiger partial charge is 0.391 e. The van der Waals surface area contributed by atoms with Crippen LogP contribution in [0.2, 0.25) is 0 Å². The Morgan fingerprint density at radius 3 is 1.72 bits per heavy atom. The molecule has 3 nitrogen and oxygen atoms in total. The van der Waals surface area contributed by atoms with Crippen molar-refractivity contribution in [2.75, 3.05) is 6.54 Å². The van der Waals surface area contributed by atoms with Gasteiger partial charge in [0.1, 0.15) is 6.54 Å². The van der Waals surface area contributed by atoms with E-state index in [9.17, 15) is 10.0 Å². The molecule has 0 aromatic rings. The maximum atomic E-state index is 9.91. The van der Waals surface area contributed by atoms with Gasteiger partial charge in [-0.25, -0.2) is 0 Å². The van der Waals surface area contributed by atoms with E-state index < -0.39 is 6.10 Å². The van der Waals surface area contributed by atoms with Gasteiger partial charge in [0.05, 0.1) is 6.10 Å². The Kier molecular flexibility index (Phi) is 14.3. The summed E-state index contributed by atoms with van der Waals surface area (Å²) in [6, 6.07) is 0. The molecule has 0 radical (unpaired) electrons. The lowest BCUT2D eigenvalue weighted by molar-refractivity contribution is 0.169. The van der Waals surface area contributed by atoms with Gasteiger partial charge in [-0.05, 0) is 6.42 Å². The third-order valence-electron chi connectivity index (χ3n) is 3.43. The fourth-order valence-electron chi connectivity index (χ4n) is 2.22. The fourth-order valence-corrected chi connectivity index (χ4v) is 2.22. The molecule has 0 aromatic heterocycles. The minimum Gasteiger partial charge on any atom is -0.391 e. The van der Waals surface area contributed by atoms with Gasteiger partial charge in [0, 0.05) is 0 Å². The van der Waals surface area contributed by atoms with E-state index >= 15 is 0 Å². The number of nitrogens with zero attached hydrogens (tertiary/aromatic N) is 1. The molecule has 0 aromatic carbocycles. The lowest BCUT2D eigenvalue weighted by Crippen LogP contribution is -2.09. The second-order valence-corrected chi connectivity index (χ2v) is 5.29. The molecule has 0 spiro atoms. The highest BCUT2D eigenvalue weighted by Gasteiger charge is 2.02. The summed E-state index contributed by atoms with van der Waals surface area (Å²) >= 11 is 0. The van der Waals surface area contributed by atoms with Crippen molar-refractivity contribution in [1.82, 2.24) is 0 Å². The Hall–Kier alpha value is -0.440. The summed E-state index contributed by atoms with van der Waals surface area (Å²) in [5.41, 5.74) is 0. The van der Waals surface area contributed by atoms with Crippen molar-refractivity contribution in [3.63, 3.8) is 0 Å². The molecule has 1 atom stereocenters. The van der Waals surface area contributed by atoms with Crippen molar-refractivity contribution in [3.05, 3.63) is 4.91 Å². The first-order valence-electron chi connectivity index (χ1n) is 7.78. The topological polar surface area (TPSA) is 49.7 Å². The van der Waals surface area contributed by atoms with Crippen LogP contribution in [0.1, 0.15) is 84.0 Å². The van der Waals surface area contributed by atoms with Gasteiger partial charge < -0.3 is 5.11 Å². The van der Waals surface area contributed by atoms with Crippen LogP contribution in [0.25, 0.3) is 0 Å². The first-order chi connectivity index (χ1) is 8.81. The third-order valence-corrected chi connectivity index (χ3v) is 3.43. The Morgan fingerprint density at radius 1 is 0.833 bits per heavy atom. The Labute approximate surface area is 112 Å². The number of hydrogen-bond acceptors (Lipinski definition) is 3.